The Bertz CT molecular complexity index is 2610. The van der Waals surface area contributed by atoms with Crippen molar-refractivity contribution in [2.75, 3.05) is 0 Å². The van der Waals surface area contributed by atoms with Crippen molar-refractivity contribution in [3.05, 3.63) is 194 Å². The Balaban J connectivity index is 1.19. The van der Waals surface area contributed by atoms with Crippen LogP contribution < -0.4 is 0 Å². The summed E-state index contributed by atoms with van der Waals surface area (Å²) in [4.78, 5) is 0. The molecule has 232 valence electrons. The minimum Gasteiger partial charge on any atom is -0.0622 e. The van der Waals surface area contributed by atoms with Gasteiger partial charge in [0.2, 0.25) is 0 Å². The van der Waals surface area contributed by atoms with E-state index in [2.05, 4.69) is 194 Å². The van der Waals surface area contributed by atoms with Crippen molar-refractivity contribution >= 4 is 21.5 Å². The second kappa shape index (κ2) is 11.6. The Labute approximate surface area is 292 Å². The first-order valence-electron chi connectivity index (χ1n) is 17.4. The molecule has 0 amide bonds. The second-order valence-corrected chi connectivity index (χ2v) is 13.2. The molecule has 0 saturated carbocycles. The van der Waals surface area contributed by atoms with Gasteiger partial charge in [-0.2, -0.15) is 0 Å². The molecule has 0 nitrogen and oxygen atoms in total. The van der Waals surface area contributed by atoms with E-state index in [0.29, 0.717) is 0 Å². The van der Waals surface area contributed by atoms with E-state index in [4.69, 9.17) is 0 Å². The van der Waals surface area contributed by atoms with Crippen LogP contribution in [0, 0.1) is 0 Å². The van der Waals surface area contributed by atoms with E-state index < -0.39 is 0 Å². The largest absolute Gasteiger partial charge is 0.0622 e. The van der Waals surface area contributed by atoms with E-state index in [1.165, 1.54) is 99.4 Å². The lowest BCUT2D eigenvalue weighted by Gasteiger charge is -2.20. The SMILES string of the molecule is c1ccc(-c2ccc(-c3cccc(-c4ccc5c6c(cccc46)-c4c-5c(-c5ccccc5)c5ccccc5c4-c4ccccc4)c3)cc2)cc1. The fourth-order valence-electron chi connectivity index (χ4n) is 8.21. The van der Waals surface area contributed by atoms with Crippen molar-refractivity contribution in [2.45, 2.75) is 0 Å². The Morgan fingerprint density at radius 3 is 1.20 bits per heavy atom. The Kier molecular flexibility index (Phi) is 6.60. The van der Waals surface area contributed by atoms with Crippen LogP contribution in [0.2, 0.25) is 0 Å². The van der Waals surface area contributed by atoms with Crippen molar-refractivity contribution in [3.8, 4) is 77.9 Å². The molecule has 0 spiro atoms. The minimum atomic E-state index is 1.22. The maximum Gasteiger partial charge on any atom is -0.000741 e. The summed E-state index contributed by atoms with van der Waals surface area (Å²) >= 11 is 0. The average Bonchev–Trinajstić information content (AvgIpc) is 3.53. The van der Waals surface area contributed by atoms with Crippen molar-refractivity contribution in [2.24, 2.45) is 0 Å². The maximum absolute atomic E-state index is 2.38. The molecule has 1 aliphatic carbocycles. The quantitative estimate of drug-likeness (QED) is 0.177. The normalized spacial score (nSPS) is 11.6. The summed E-state index contributed by atoms with van der Waals surface area (Å²) in [5, 5.41) is 5.19. The van der Waals surface area contributed by atoms with E-state index in [9.17, 15) is 0 Å². The molecule has 0 atom stereocenters. The number of rotatable bonds is 5. The van der Waals surface area contributed by atoms with Crippen LogP contribution in [-0.2, 0) is 0 Å². The van der Waals surface area contributed by atoms with Crippen LogP contribution in [0.15, 0.2) is 194 Å². The van der Waals surface area contributed by atoms with Crippen molar-refractivity contribution < 1.29 is 0 Å². The van der Waals surface area contributed by atoms with Crippen LogP contribution in [0.1, 0.15) is 0 Å². The summed E-state index contributed by atoms with van der Waals surface area (Å²) in [7, 11) is 0. The summed E-state index contributed by atoms with van der Waals surface area (Å²) in [6.07, 6.45) is 0. The Morgan fingerprint density at radius 2 is 0.600 bits per heavy atom. The molecule has 0 N–H and O–H groups in total. The molecule has 0 heterocycles. The standard InChI is InChI=1S/C50H32/c1-4-14-33(15-5-1)34-26-28-35(29-27-34)38-20-12-21-39(32-38)40-30-31-45-48-41(40)24-13-25-44(48)49-46(36-16-6-2-7-17-36)42-22-10-11-23-43(42)47(50(45)49)37-18-8-3-9-19-37/h1-32H. The highest BCUT2D eigenvalue weighted by Crippen LogP contribution is 2.58. The van der Waals surface area contributed by atoms with Crippen molar-refractivity contribution in [1.82, 2.24) is 0 Å². The molecule has 0 unspecified atom stereocenters. The van der Waals surface area contributed by atoms with Gasteiger partial charge < -0.3 is 0 Å². The maximum atomic E-state index is 2.38. The summed E-state index contributed by atoms with van der Waals surface area (Å²) < 4.78 is 0. The fourth-order valence-corrected chi connectivity index (χ4v) is 8.21. The van der Waals surface area contributed by atoms with Gasteiger partial charge in [0.05, 0.1) is 0 Å². The Morgan fingerprint density at radius 1 is 0.200 bits per heavy atom. The smallest absolute Gasteiger partial charge is 0.000741 e. The summed E-state index contributed by atoms with van der Waals surface area (Å²) in [6.45, 7) is 0. The lowest BCUT2D eigenvalue weighted by molar-refractivity contribution is 1.58. The molecule has 0 bridgehead atoms. The van der Waals surface area contributed by atoms with Gasteiger partial charge in [0.1, 0.15) is 0 Å². The molecule has 9 aromatic rings. The topological polar surface area (TPSA) is 0 Å². The van der Waals surface area contributed by atoms with Gasteiger partial charge in [-0.05, 0) is 105 Å². The van der Waals surface area contributed by atoms with Gasteiger partial charge in [0.25, 0.3) is 0 Å². The first-order valence-corrected chi connectivity index (χ1v) is 17.4. The average molecular weight is 633 g/mol. The number of fused-ring (bicyclic) bond motifs is 4. The molecule has 0 heteroatoms. The van der Waals surface area contributed by atoms with Crippen LogP contribution in [-0.4, -0.2) is 0 Å². The van der Waals surface area contributed by atoms with Gasteiger partial charge in [-0.3, -0.25) is 0 Å². The fraction of sp³-hybridized carbons (Fsp3) is 0. The van der Waals surface area contributed by atoms with E-state index in [0.717, 1.165) is 0 Å². The van der Waals surface area contributed by atoms with Crippen LogP contribution in [0.25, 0.3) is 99.4 Å². The lowest BCUT2D eigenvalue weighted by atomic mass is 9.82. The van der Waals surface area contributed by atoms with E-state index in [1.807, 2.05) is 0 Å². The number of hydrogen-bond donors (Lipinski definition) is 0. The lowest BCUT2D eigenvalue weighted by Crippen LogP contribution is -1.93. The summed E-state index contributed by atoms with van der Waals surface area (Å²) in [6, 6.07) is 71.0. The third-order valence-electron chi connectivity index (χ3n) is 10.4. The zero-order valence-corrected chi connectivity index (χ0v) is 27.5. The van der Waals surface area contributed by atoms with Crippen molar-refractivity contribution in [3.63, 3.8) is 0 Å². The molecule has 9 aromatic carbocycles. The molecule has 0 radical (unpaired) electrons. The van der Waals surface area contributed by atoms with Crippen LogP contribution in [0.5, 0.6) is 0 Å². The molecule has 0 aliphatic heterocycles. The third kappa shape index (κ3) is 4.46. The van der Waals surface area contributed by atoms with Gasteiger partial charge in [-0.25, -0.2) is 0 Å². The minimum absolute atomic E-state index is 1.22. The zero-order chi connectivity index (χ0) is 33.0. The molecule has 0 fully saturated rings. The summed E-state index contributed by atoms with van der Waals surface area (Å²) in [5.41, 5.74) is 17.8. The van der Waals surface area contributed by atoms with E-state index in [1.54, 1.807) is 0 Å². The van der Waals surface area contributed by atoms with Crippen LogP contribution in [0.3, 0.4) is 0 Å². The highest BCUT2D eigenvalue weighted by Gasteiger charge is 2.31. The monoisotopic (exact) mass is 632 g/mol. The van der Waals surface area contributed by atoms with Crippen LogP contribution >= 0.6 is 0 Å². The summed E-state index contributed by atoms with van der Waals surface area (Å²) in [5.74, 6) is 0. The zero-order valence-electron chi connectivity index (χ0n) is 27.5. The van der Waals surface area contributed by atoms with E-state index in [-0.39, 0.29) is 0 Å². The van der Waals surface area contributed by atoms with Crippen molar-refractivity contribution in [1.29, 1.82) is 0 Å². The highest BCUT2D eigenvalue weighted by molar-refractivity contribution is 6.28. The highest BCUT2D eigenvalue weighted by atomic mass is 14.3. The molecular weight excluding hydrogens is 601 g/mol. The first-order chi connectivity index (χ1) is 24.8. The van der Waals surface area contributed by atoms with Gasteiger partial charge in [0.15, 0.2) is 0 Å². The van der Waals surface area contributed by atoms with Gasteiger partial charge in [-0.1, -0.05) is 188 Å². The predicted octanol–water partition coefficient (Wildman–Crippen LogP) is 14.0. The molecule has 0 aromatic heterocycles. The second-order valence-electron chi connectivity index (χ2n) is 13.2. The number of benzene rings is 9. The predicted molar refractivity (Wildman–Crippen MR) is 213 cm³/mol. The van der Waals surface area contributed by atoms with Gasteiger partial charge >= 0.3 is 0 Å². The first kappa shape index (κ1) is 28.5. The molecule has 1 aliphatic rings. The molecule has 50 heavy (non-hydrogen) atoms. The third-order valence-corrected chi connectivity index (χ3v) is 10.4. The Hall–Kier alpha value is -6.50. The number of hydrogen-bond acceptors (Lipinski definition) is 0. The van der Waals surface area contributed by atoms with Gasteiger partial charge in [-0.15, -0.1) is 0 Å². The molecular formula is C50H32. The molecule has 0 saturated heterocycles. The van der Waals surface area contributed by atoms with Gasteiger partial charge in [0, 0.05) is 0 Å². The van der Waals surface area contributed by atoms with Crippen LogP contribution in [0.4, 0.5) is 0 Å². The molecule has 10 rings (SSSR count). The van der Waals surface area contributed by atoms with E-state index >= 15 is 0 Å².